The summed E-state index contributed by atoms with van der Waals surface area (Å²) in [4.78, 5) is 31.0. The van der Waals surface area contributed by atoms with Crippen molar-refractivity contribution >= 4 is 52.5 Å². The summed E-state index contributed by atoms with van der Waals surface area (Å²) in [7, 11) is 2.08. The summed E-state index contributed by atoms with van der Waals surface area (Å²) in [5, 5.41) is 0.781. The Balaban J connectivity index is 2.11. The van der Waals surface area contributed by atoms with Crippen molar-refractivity contribution in [2.24, 2.45) is 0 Å². The predicted octanol–water partition coefficient (Wildman–Crippen LogP) is 4.44. The van der Waals surface area contributed by atoms with Gasteiger partial charge in [-0.3, -0.25) is 19.4 Å². The van der Waals surface area contributed by atoms with Crippen molar-refractivity contribution in [3.63, 3.8) is 0 Å². The van der Waals surface area contributed by atoms with Crippen LogP contribution in [-0.4, -0.2) is 52.4 Å². The number of hydrogen-bond acceptors (Lipinski definition) is 4. The van der Waals surface area contributed by atoms with Gasteiger partial charge in [0.25, 0.3) is 11.8 Å². The first-order valence-electron chi connectivity index (χ1n) is 10.00. The molecule has 2 heterocycles. The summed E-state index contributed by atoms with van der Waals surface area (Å²) < 4.78 is 0. The zero-order valence-electron chi connectivity index (χ0n) is 17.9. The van der Waals surface area contributed by atoms with Crippen molar-refractivity contribution in [2.45, 2.75) is 52.5 Å². The van der Waals surface area contributed by atoms with Crippen LogP contribution in [-0.2, 0) is 9.59 Å². The zero-order chi connectivity index (χ0) is 21.7. The standard InChI is InChI=1S/C22H28ClN3O2S/c1-7-25-19(27)16(20(28)26(8-2)21(25)29)10-14-9-15-13(3)12-22(4,5)24(6)18(15)11-17(14)23/h9-11,13H,7-8,12H2,1-6H3/t13-/m0/s1. The van der Waals surface area contributed by atoms with Gasteiger partial charge in [0.05, 0.1) is 0 Å². The van der Waals surface area contributed by atoms with Crippen LogP contribution >= 0.6 is 23.8 Å². The van der Waals surface area contributed by atoms with Crippen molar-refractivity contribution < 1.29 is 9.59 Å². The number of thiocarbonyl (C=S) groups is 1. The minimum Gasteiger partial charge on any atom is -0.369 e. The van der Waals surface area contributed by atoms with Crippen molar-refractivity contribution in [3.8, 4) is 0 Å². The van der Waals surface area contributed by atoms with E-state index in [9.17, 15) is 9.59 Å². The highest BCUT2D eigenvalue weighted by Gasteiger charge is 2.38. The van der Waals surface area contributed by atoms with Crippen LogP contribution in [0, 0.1) is 0 Å². The van der Waals surface area contributed by atoms with Crippen LogP contribution in [0.4, 0.5) is 5.69 Å². The van der Waals surface area contributed by atoms with Crippen LogP contribution in [0.3, 0.4) is 0 Å². The van der Waals surface area contributed by atoms with Gasteiger partial charge in [-0.15, -0.1) is 0 Å². The Labute approximate surface area is 183 Å². The molecule has 3 rings (SSSR count). The lowest BCUT2D eigenvalue weighted by atomic mass is 9.80. The molecule has 7 heteroatoms. The van der Waals surface area contributed by atoms with E-state index in [1.54, 1.807) is 6.08 Å². The molecule has 0 aliphatic carbocycles. The maximum atomic E-state index is 12.9. The van der Waals surface area contributed by atoms with Gasteiger partial charge in [0.1, 0.15) is 5.57 Å². The topological polar surface area (TPSA) is 43.9 Å². The molecule has 1 atom stereocenters. The first kappa shape index (κ1) is 21.8. The minimum absolute atomic E-state index is 0.0317. The van der Waals surface area contributed by atoms with Gasteiger partial charge in [-0.25, -0.2) is 0 Å². The van der Waals surface area contributed by atoms with Crippen LogP contribution in [0.1, 0.15) is 58.1 Å². The molecule has 2 amide bonds. The highest BCUT2D eigenvalue weighted by molar-refractivity contribution is 7.80. The fourth-order valence-electron chi connectivity index (χ4n) is 4.25. The number of amides is 2. The quantitative estimate of drug-likeness (QED) is 0.401. The van der Waals surface area contributed by atoms with E-state index in [2.05, 4.69) is 32.7 Å². The van der Waals surface area contributed by atoms with Gasteiger partial charge in [-0.1, -0.05) is 18.5 Å². The maximum absolute atomic E-state index is 12.9. The molecule has 0 unspecified atom stereocenters. The van der Waals surface area contributed by atoms with E-state index >= 15 is 0 Å². The number of rotatable bonds is 3. The van der Waals surface area contributed by atoms with Crippen LogP contribution < -0.4 is 4.90 Å². The second-order valence-corrected chi connectivity index (χ2v) is 9.12. The number of nitrogens with zero attached hydrogens (tertiary/aromatic N) is 3. The lowest BCUT2D eigenvalue weighted by Crippen LogP contribution is -2.55. The summed E-state index contributed by atoms with van der Waals surface area (Å²) in [6, 6.07) is 3.96. The van der Waals surface area contributed by atoms with Crippen LogP contribution in [0.25, 0.3) is 6.08 Å². The van der Waals surface area contributed by atoms with Crippen molar-refractivity contribution in [1.82, 2.24) is 9.80 Å². The van der Waals surface area contributed by atoms with Gasteiger partial charge in [0.15, 0.2) is 5.11 Å². The van der Waals surface area contributed by atoms with Crippen molar-refractivity contribution in [3.05, 3.63) is 33.9 Å². The highest BCUT2D eigenvalue weighted by atomic mass is 35.5. The summed E-state index contributed by atoms with van der Waals surface area (Å²) in [5.74, 6) is -0.394. The maximum Gasteiger partial charge on any atom is 0.265 e. The van der Waals surface area contributed by atoms with E-state index in [4.69, 9.17) is 23.8 Å². The molecule has 29 heavy (non-hydrogen) atoms. The van der Waals surface area contributed by atoms with Gasteiger partial charge in [-0.2, -0.15) is 0 Å². The van der Waals surface area contributed by atoms with Crippen LogP contribution in [0.5, 0.6) is 0 Å². The van der Waals surface area contributed by atoms with Gasteiger partial charge < -0.3 is 4.90 Å². The minimum atomic E-state index is -0.368. The second kappa shape index (κ2) is 7.73. The fraction of sp³-hybridized carbons (Fsp3) is 0.500. The summed E-state index contributed by atoms with van der Waals surface area (Å²) >= 11 is 11.9. The van der Waals surface area contributed by atoms with E-state index in [0.29, 0.717) is 29.6 Å². The number of benzene rings is 1. The monoisotopic (exact) mass is 433 g/mol. The lowest BCUT2D eigenvalue weighted by Gasteiger charge is -2.45. The largest absolute Gasteiger partial charge is 0.369 e. The normalized spacial score (nSPS) is 21.6. The number of hydrogen-bond donors (Lipinski definition) is 0. The van der Waals surface area contributed by atoms with E-state index in [1.165, 1.54) is 15.4 Å². The van der Waals surface area contributed by atoms with Gasteiger partial charge in [-0.05, 0) is 81.6 Å². The van der Waals surface area contributed by atoms with E-state index in [-0.39, 0.29) is 28.0 Å². The van der Waals surface area contributed by atoms with E-state index < -0.39 is 0 Å². The van der Waals surface area contributed by atoms with Gasteiger partial charge in [0.2, 0.25) is 0 Å². The average Bonchev–Trinajstić information content (AvgIpc) is 2.64. The Morgan fingerprint density at radius 1 is 1.17 bits per heavy atom. The Kier molecular flexibility index (Phi) is 5.80. The Morgan fingerprint density at radius 2 is 1.72 bits per heavy atom. The van der Waals surface area contributed by atoms with Crippen LogP contribution in [0.2, 0.25) is 5.02 Å². The highest BCUT2D eigenvalue weighted by Crippen LogP contribution is 2.44. The molecule has 0 saturated carbocycles. The molecule has 156 valence electrons. The molecule has 0 spiro atoms. The molecule has 0 aromatic heterocycles. The summed E-state index contributed by atoms with van der Waals surface area (Å²) in [6.45, 7) is 11.1. The molecule has 1 aromatic rings. The van der Waals surface area contributed by atoms with Crippen LogP contribution in [0.15, 0.2) is 17.7 Å². The Hall–Kier alpha value is -1.92. The zero-order valence-corrected chi connectivity index (χ0v) is 19.4. The van der Waals surface area contributed by atoms with Crippen molar-refractivity contribution in [1.29, 1.82) is 0 Å². The number of carbonyl (C=O) groups excluding carboxylic acids is 2. The van der Waals surface area contributed by atoms with E-state index in [1.807, 2.05) is 26.0 Å². The molecular formula is C22H28ClN3O2S. The molecule has 0 N–H and O–H groups in total. The number of halogens is 1. The summed E-state index contributed by atoms with van der Waals surface area (Å²) in [5.41, 5.74) is 3.08. The first-order chi connectivity index (χ1) is 13.5. The molecule has 2 aliphatic rings. The van der Waals surface area contributed by atoms with Crippen molar-refractivity contribution in [2.75, 3.05) is 25.0 Å². The molecule has 2 aliphatic heterocycles. The SMILES string of the molecule is CCN1C(=O)C(=Cc2cc3c(cc2Cl)N(C)C(C)(C)C[C@@H]3C)C(=O)N(CC)C1=S. The summed E-state index contributed by atoms with van der Waals surface area (Å²) in [6.07, 6.45) is 2.63. The lowest BCUT2D eigenvalue weighted by molar-refractivity contribution is -0.133. The van der Waals surface area contributed by atoms with Gasteiger partial charge in [0, 0.05) is 36.4 Å². The third kappa shape index (κ3) is 3.57. The fourth-order valence-corrected chi connectivity index (χ4v) is 4.89. The first-order valence-corrected chi connectivity index (χ1v) is 10.8. The molecule has 1 fully saturated rings. The molecule has 1 aromatic carbocycles. The Morgan fingerprint density at radius 3 is 2.24 bits per heavy atom. The molecule has 5 nitrogen and oxygen atoms in total. The molecular weight excluding hydrogens is 406 g/mol. The number of likely N-dealkylation sites (N-methyl/N-ethyl adjacent to an activating group) is 2. The smallest absolute Gasteiger partial charge is 0.265 e. The van der Waals surface area contributed by atoms with E-state index in [0.717, 1.165) is 12.1 Å². The van der Waals surface area contributed by atoms with Gasteiger partial charge >= 0.3 is 0 Å². The average molecular weight is 434 g/mol. The Bertz CT molecular complexity index is 897. The molecule has 0 bridgehead atoms. The molecule has 1 saturated heterocycles. The predicted molar refractivity (Wildman–Crippen MR) is 122 cm³/mol. The molecule has 0 radical (unpaired) electrons. The number of carbonyl (C=O) groups is 2. The second-order valence-electron chi connectivity index (χ2n) is 8.35. The third-order valence-corrected chi connectivity index (χ3v) is 6.87. The number of anilines is 1. The number of fused-ring (bicyclic) bond motifs is 1. The third-order valence-electron chi connectivity index (χ3n) is 6.10.